The Morgan fingerprint density at radius 2 is 1.95 bits per heavy atom. The van der Waals surface area contributed by atoms with Gasteiger partial charge in [0.15, 0.2) is 0 Å². The Hall–Kier alpha value is -1.84. The average Bonchev–Trinajstić information content (AvgIpc) is 2.44. The lowest BCUT2D eigenvalue weighted by atomic mass is 10.00. The first kappa shape index (κ1) is 13.6. The summed E-state index contributed by atoms with van der Waals surface area (Å²) in [7, 11) is 0. The number of amides is 2. The summed E-state index contributed by atoms with van der Waals surface area (Å²) in [5, 5.41) is 2.75. The van der Waals surface area contributed by atoms with E-state index in [9.17, 15) is 9.59 Å². The highest BCUT2D eigenvalue weighted by atomic mass is 16.2. The molecule has 4 nitrogen and oxygen atoms in total. The van der Waals surface area contributed by atoms with Gasteiger partial charge in [-0.25, -0.2) is 0 Å². The summed E-state index contributed by atoms with van der Waals surface area (Å²) in [4.78, 5) is 25.8. The second-order valence-electron chi connectivity index (χ2n) is 4.83. The molecule has 1 N–H and O–H groups in total. The second-order valence-corrected chi connectivity index (χ2v) is 4.83. The molecule has 0 saturated carbocycles. The molecule has 4 heteroatoms. The van der Waals surface area contributed by atoms with E-state index in [0.717, 1.165) is 12.0 Å². The van der Waals surface area contributed by atoms with Gasteiger partial charge in [0, 0.05) is 0 Å². The maximum atomic E-state index is 12.4. The highest BCUT2D eigenvalue weighted by Gasteiger charge is 2.35. The van der Waals surface area contributed by atoms with Crippen LogP contribution in [0.15, 0.2) is 30.3 Å². The molecule has 2 atom stereocenters. The van der Waals surface area contributed by atoms with E-state index in [1.165, 1.54) is 0 Å². The van der Waals surface area contributed by atoms with Crippen molar-refractivity contribution in [3.63, 3.8) is 0 Å². The Morgan fingerprint density at radius 3 is 2.53 bits per heavy atom. The molecule has 0 aromatic heterocycles. The minimum absolute atomic E-state index is 0.0196. The lowest BCUT2D eigenvalue weighted by molar-refractivity contribution is -0.147. The molecule has 1 aromatic carbocycles. The predicted octanol–water partition coefficient (Wildman–Crippen LogP) is 1.87. The summed E-state index contributed by atoms with van der Waals surface area (Å²) >= 11 is 0. The van der Waals surface area contributed by atoms with Crippen molar-refractivity contribution < 1.29 is 9.59 Å². The van der Waals surface area contributed by atoms with E-state index in [1.807, 2.05) is 44.2 Å². The maximum Gasteiger partial charge on any atom is 0.246 e. The van der Waals surface area contributed by atoms with Gasteiger partial charge in [-0.15, -0.1) is 0 Å². The minimum atomic E-state index is -0.376. The SMILES string of the molecule is CCC1NC(=O)CN(C(CC)c2ccccc2)C1=O. The fourth-order valence-electron chi connectivity index (χ4n) is 2.59. The zero-order valence-corrected chi connectivity index (χ0v) is 11.4. The first-order chi connectivity index (χ1) is 9.17. The highest BCUT2D eigenvalue weighted by Crippen LogP contribution is 2.26. The van der Waals surface area contributed by atoms with E-state index in [-0.39, 0.29) is 30.4 Å². The number of rotatable bonds is 4. The molecular formula is C15H20N2O2. The Balaban J connectivity index is 2.27. The number of hydrogen-bond donors (Lipinski definition) is 1. The summed E-state index contributed by atoms with van der Waals surface area (Å²) in [5.41, 5.74) is 1.09. The largest absolute Gasteiger partial charge is 0.343 e. The minimum Gasteiger partial charge on any atom is -0.343 e. The first-order valence-corrected chi connectivity index (χ1v) is 6.82. The Labute approximate surface area is 113 Å². The van der Waals surface area contributed by atoms with Crippen LogP contribution in [0, 0.1) is 0 Å². The van der Waals surface area contributed by atoms with Crippen LogP contribution in [0.3, 0.4) is 0 Å². The van der Waals surface area contributed by atoms with Crippen LogP contribution in [0.4, 0.5) is 0 Å². The zero-order chi connectivity index (χ0) is 13.8. The Bertz CT molecular complexity index is 458. The number of nitrogens with zero attached hydrogens (tertiary/aromatic N) is 1. The van der Waals surface area contributed by atoms with Gasteiger partial charge >= 0.3 is 0 Å². The van der Waals surface area contributed by atoms with Crippen molar-refractivity contribution in [1.82, 2.24) is 10.2 Å². The number of benzene rings is 1. The molecule has 2 unspecified atom stereocenters. The summed E-state index contributed by atoms with van der Waals surface area (Å²) in [6.45, 7) is 4.11. The smallest absolute Gasteiger partial charge is 0.246 e. The van der Waals surface area contributed by atoms with Crippen molar-refractivity contribution in [1.29, 1.82) is 0 Å². The summed E-state index contributed by atoms with van der Waals surface area (Å²) in [5.74, 6) is -0.0429. The summed E-state index contributed by atoms with van der Waals surface area (Å²) in [6, 6.07) is 9.50. The molecule has 0 bridgehead atoms. The van der Waals surface area contributed by atoms with Crippen LogP contribution in [0.5, 0.6) is 0 Å². The van der Waals surface area contributed by atoms with Crippen LogP contribution < -0.4 is 5.32 Å². The van der Waals surface area contributed by atoms with E-state index in [1.54, 1.807) is 4.90 Å². The van der Waals surface area contributed by atoms with Crippen molar-refractivity contribution >= 4 is 11.8 Å². The monoisotopic (exact) mass is 260 g/mol. The lowest BCUT2D eigenvalue weighted by Crippen LogP contribution is -2.58. The van der Waals surface area contributed by atoms with Crippen LogP contribution in [0.1, 0.15) is 38.3 Å². The van der Waals surface area contributed by atoms with Gasteiger partial charge < -0.3 is 10.2 Å². The first-order valence-electron chi connectivity index (χ1n) is 6.82. The highest BCUT2D eigenvalue weighted by molar-refractivity contribution is 5.95. The van der Waals surface area contributed by atoms with Crippen molar-refractivity contribution in [3.8, 4) is 0 Å². The van der Waals surface area contributed by atoms with Crippen molar-refractivity contribution in [3.05, 3.63) is 35.9 Å². The average molecular weight is 260 g/mol. The number of hydrogen-bond acceptors (Lipinski definition) is 2. The van der Waals surface area contributed by atoms with E-state index in [4.69, 9.17) is 0 Å². The fraction of sp³-hybridized carbons (Fsp3) is 0.467. The van der Waals surface area contributed by atoms with Crippen LogP contribution >= 0.6 is 0 Å². The van der Waals surface area contributed by atoms with Gasteiger partial charge in [0.05, 0.1) is 6.04 Å². The summed E-state index contributed by atoms with van der Waals surface area (Å²) < 4.78 is 0. The predicted molar refractivity (Wildman–Crippen MR) is 73.4 cm³/mol. The van der Waals surface area contributed by atoms with Gasteiger partial charge in [-0.2, -0.15) is 0 Å². The number of nitrogens with one attached hydrogen (secondary N) is 1. The quantitative estimate of drug-likeness (QED) is 0.898. The van der Waals surface area contributed by atoms with Crippen molar-refractivity contribution in [2.24, 2.45) is 0 Å². The molecule has 1 saturated heterocycles. The molecule has 2 amide bonds. The van der Waals surface area contributed by atoms with Gasteiger partial charge in [-0.3, -0.25) is 9.59 Å². The molecule has 1 fully saturated rings. The van der Waals surface area contributed by atoms with E-state index in [2.05, 4.69) is 5.32 Å². The molecule has 102 valence electrons. The van der Waals surface area contributed by atoms with E-state index < -0.39 is 0 Å². The van der Waals surface area contributed by atoms with E-state index in [0.29, 0.717) is 6.42 Å². The van der Waals surface area contributed by atoms with Gasteiger partial charge in [0.1, 0.15) is 12.6 Å². The van der Waals surface area contributed by atoms with Crippen LogP contribution in [-0.4, -0.2) is 29.3 Å². The van der Waals surface area contributed by atoms with Crippen LogP contribution in [0.2, 0.25) is 0 Å². The van der Waals surface area contributed by atoms with Gasteiger partial charge in [0.2, 0.25) is 11.8 Å². The van der Waals surface area contributed by atoms with Gasteiger partial charge in [0.25, 0.3) is 0 Å². The molecule has 1 aliphatic rings. The zero-order valence-electron chi connectivity index (χ0n) is 11.4. The third-order valence-electron chi connectivity index (χ3n) is 3.59. The molecule has 1 heterocycles. The molecule has 1 aromatic rings. The standard InChI is InChI=1S/C15H20N2O2/c1-3-12-15(19)17(10-14(18)16-12)13(4-2)11-8-6-5-7-9-11/h5-9,12-13H,3-4,10H2,1-2H3,(H,16,18). The van der Waals surface area contributed by atoms with E-state index >= 15 is 0 Å². The maximum absolute atomic E-state index is 12.4. The van der Waals surface area contributed by atoms with Crippen LogP contribution in [-0.2, 0) is 9.59 Å². The molecular weight excluding hydrogens is 240 g/mol. The molecule has 2 rings (SSSR count). The molecule has 0 radical (unpaired) electrons. The van der Waals surface area contributed by atoms with Crippen molar-refractivity contribution in [2.45, 2.75) is 38.8 Å². The number of piperazine rings is 1. The number of carbonyl (C=O) groups excluding carboxylic acids is 2. The number of carbonyl (C=O) groups is 2. The Kier molecular flexibility index (Phi) is 4.20. The molecule has 1 aliphatic heterocycles. The van der Waals surface area contributed by atoms with Gasteiger partial charge in [-0.1, -0.05) is 44.2 Å². The molecule has 19 heavy (non-hydrogen) atoms. The third kappa shape index (κ3) is 2.78. The topological polar surface area (TPSA) is 49.4 Å². The lowest BCUT2D eigenvalue weighted by Gasteiger charge is -2.37. The fourth-order valence-corrected chi connectivity index (χ4v) is 2.59. The van der Waals surface area contributed by atoms with Gasteiger partial charge in [-0.05, 0) is 18.4 Å². The summed E-state index contributed by atoms with van der Waals surface area (Å²) in [6.07, 6.45) is 1.44. The third-order valence-corrected chi connectivity index (χ3v) is 3.59. The Morgan fingerprint density at radius 1 is 1.26 bits per heavy atom. The molecule has 0 aliphatic carbocycles. The van der Waals surface area contributed by atoms with Crippen molar-refractivity contribution in [2.75, 3.05) is 6.54 Å². The normalized spacial score (nSPS) is 21.2. The second kappa shape index (κ2) is 5.87. The molecule has 0 spiro atoms. The van der Waals surface area contributed by atoms with Crippen LogP contribution in [0.25, 0.3) is 0 Å².